The van der Waals surface area contributed by atoms with Crippen molar-refractivity contribution < 1.29 is 4.52 Å². The Morgan fingerprint density at radius 3 is 2.80 bits per heavy atom. The molecule has 2 aliphatic rings. The molecule has 9 nitrogen and oxygen atoms in total. The summed E-state index contributed by atoms with van der Waals surface area (Å²) in [5, 5.41) is 14.2. The molecule has 4 aromatic heterocycles. The summed E-state index contributed by atoms with van der Waals surface area (Å²) in [5.41, 5.74) is 4.87. The molecule has 1 saturated heterocycles. The highest BCUT2D eigenvalue weighted by molar-refractivity contribution is 7.13. The second-order valence-corrected chi connectivity index (χ2v) is 11.4. The van der Waals surface area contributed by atoms with E-state index in [0.717, 1.165) is 48.1 Å². The molecule has 5 heterocycles. The summed E-state index contributed by atoms with van der Waals surface area (Å²) in [4.78, 5) is 27.7. The monoisotopic (exact) mass is 551 g/mol. The highest BCUT2D eigenvalue weighted by atomic mass is 32.1. The third kappa shape index (κ3) is 4.84. The molecule has 1 unspecified atom stereocenters. The molecule has 1 atom stereocenters. The van der Waals surface area contributed by atoms with Crippen LogP contribution >= 0.6 is 11.3 Å². The predicted molar refractivity (Wildman–Crippen MR) is 157 cm³/mol. The van der Waals surface area contributed by atoms with E-state index in [1.165, 1.54) is 29.7 Å². The fourth-order valence-corrected chi connectivity index (χ4v) is 6.05. The molecule has 0 spiro atoms. The molecule has 1 aromatic carbocycles. The first-order chi connectivity index (χ1) is 19.6. The Hall–Kier alpha value is -4.15. The number of benzene rings is 1. The summed E-state index contributed by atoms with van der Waals surface area (Å²) in [6.45, 7) is 6.61. The van der Waals surface area contributed by atoms with Crippen LogP contribution in [0, 0.1) is 5.92 Å². The molecule has 0 amide bonds. The maximum atomic E-state index is 13.9. The van der Waals surface area contributed by atoms with E-state index in [0.29, 0.717) is 39.8 Å². The van der Waals surface area contributed by atoms with E-state index >= 15 is 0 Å². The van der Waals surface area contributed by atoms with Crippen molar-refractivity contribution >= 4 is 39.6 Å². The van der Waals surface area contributed by atoms with Gasteiger partial charge < -0.3 is 15.2 Å². The van der Waals surface area contributed by atoms with Crippen molar-refractivity contribution in [3.8, 4) is 10.8 Å². The normalized spacial score (nSPS) is 17.2. The largest absolute Gasteiger partial charge is 0.353 e. The lowest BCUT2D eigenvalue weighted by atomic mass is 9.92. The molecule has 1 aliphatic heterocycles. The first-order valence-electron chi connectivity index (χ1n) is 13.6. The molecule has 0 bridgehead atoms. The summed E-state index contributed by atoms with van der Waals surface area (Å²) in [5.74, 6) is 1.88. The SMILES string of the molecule is C=C(c1cc2cnc(Nc3ccc(C4CCCNC4)cc3)nc2n(Cc2cnoc2-c2nccs2)c1=O)C1CC1. The van der Waals surface area contributed by atoms with Gasteiger partial charge in [0.15, 0.2) is 10.8 Å². The standard InChI is InChI=1S/C30H29N7O2S/c1-18(19-4-5-19)25-13-22-15-33-30(35-24-8-6-20(7-9-24)21-3-2-10-31-14-21)36-27(22)37(29(25)38)17-23-16-34-39-26(23)28-32-11-12-40-28/h6-9,11-13,15-16,19,21,31H,1-5,10,14,17H2,(H,33,35,36). The number of nitrogens with one attached hydrogen (secondary N) is 2. The summed E-state index contributed by atoms with van der Waals surface area (Å²) < 4.78 is 7.21. The highest BCUT2D eigenvalue weighted by Gasteiger charge is 2.28. The lowest BCUT2D eigenvalue weighted by molar-refractivity contribution is 0.431. The number of hydrogen-bond acceptors (Lipinski definition) is 9. The summed E-state index contributed by atoms with van der Waals surface area (Å²) in [6, 6.07) is 10.3. The van der Waals surface area contributed by atoms with Gasteiger partial charge in [-0.25, -0.2) is 9.97 Å². The lowest BCUT2D eigenvalue weighted by Crippen LogP contribution is -2.28. The first kappa shape index (κ1) is 24.9. The third-order valence-electron chi connectivity index (χ3n) is 7.78. The molecular weight excluding hydrogens is 522 g/mol. The number of fused-ring (bicyclic) bond motifs is 1. The number of thiazole rings is 1. The Balaban J connectivity index is 1.25. The zero-order valence-corrected chi connectivity index (χ0v) is 22.8. The van der Waals surface area contributed by atoms with Gasteiger partial charge in [0.2, 0.25) is 5.95 Å². The van der Waals surface area contributed by atoms with Crippen molar-refractivity contribution in [2.24, 2.45) is 5.92 Å². The number of rotatable bonds is 8. The molecule has 2 fully saturated rings. The van der Waals surface area contributed by atoms with Gasteiger partial charge in [-0.3, -0.25) is 9.36 Å². The van der Waals surface area contributed by atoms with Crippen LogP contribution in [0.2, 0.25) is 0 Å². The Morgan fingerprint density at radius 1 is 1.18 bits per heavy atom. The van der Waals surface area contributed by atoms with E-state index in [1.54, 1.807) is 23.2 Å². The lowest BCUT2D eigenvalue weighted by Gasteiger charge is -2.23. The van der Waals surface area contributed by atoms with Gasteiger partial charge in [-0.1, -0.05) is 23.9 Å². The van der Waals surface area contributed by atoms with E-state index in [2.05, 4.69) is 56.6 Å². The van der Waals surface area contributed by atoms with E-state index in [9.17, 15) is 4.79 Å². The Bertz CT molecular complexity index is 1730. The van der Waals surface area contributed by atoms with Crippen molar-refractivity contribution in [2.75, 3.05) is 18.4 Å². The van der Waals surface area contributed by atoms with Crippen molar-refractivity contribution in [1.82, 2.24) is 30.0 Å². The molecule has 10 heteroatoms. The minimum absolute atomic E-state index is 0.134. The maximum Gasteiger partial charge on any atom is 0.260 e. The number of allylic oxidation sites excluding steroid dienone is 1. The number of nitrogens with zero attached hydrogens (tertiary/aromatic N) is 5. The molecule has 40 heavy (non-hydrogen) atoms. The molecule has 7 rings (SSSR count). The van der Waals surface area contributed by atoms with E-state index in [1.807, 2.05) is 11.4 Å². The zero-order chi connectivity index (χ0) is 27.1. The van der Waals surface area contributed by atoms with Crippen LogP contribution in [-0.2, 0) is 6.54 Å². The maximum absolute atomic E-state index is 13.9. The molecule has 2 N–H and O–H groups in total. The van der Waals surface area contributed by atoms with Crippen molar-refractivity contribution in [3.05, 3.63) is 87.9 Å². The van der Waals surface area contributed by atoms with E-state index in [4.69, 9.17) is 9.51 Å². The first-order valence-corrected chi connectivity index (χ1v) is 14.5. The number of hydrogen-bond donors (Lipinski definition) is 2. The second kappa shape index (κ2) is 10.4. The van der Waals surface area contributed by atoms with Crippen molar-refractivity contribution in [3.63, 3.8) is 0 Å². The number of piperidine rings is 1. The van der Waals surface area contributed by atoms with Crippen LogP contribution in [0.15, 0.2) is 70.2 Å². The van der Waals surface area contributed by atoms with Gasteiger partial charge in [-0.2, -0.15) is 4.98 Å². The third-order valence-corrected chi connectivity index (χ3v) is 8.55. The highest BCUT2D eigenvalue weighted by Crippen LogP contribution is 2.40. The van der Waals surface area contributed by atoms with Gasteiger partial charge in [0.05, 0.1) is 12.7 Å². The average molecular weight is 552 g/mol. The quantitative estimate of drug-likeness (QED) is 0.257. The van der Waals surface area contributed by atoms with Crippen molar-refractivity contribution in [1.29, 1.82) is 0 Å². The minimum atomic E-state index is -0.134. The summed E-state index contributed by atoms with van der Waals surface area (Å²) in [6.07, 6.45) is 9.65. The van der Waals surface area contributed by atoms with Crippen LogP contribution in [0.5, 0.6) is 0 Å². The smallest absolute Gasteiger partial charge is 0.260 e. The molecule has 1 saturated carbocycles. The summed E-state index contributed by atoms with van der Waals surface area (Å²) >= 11 is 1.46. The average Bonchev–Trinajstić information content (AvgIpc) is 3.49. The van der Waals surface area contributed by atoms with Crippen LogP contribution in [0.1, 0.15) is 48.3 Å². The van der Waals surface area contributed by atoms with Crippen LogP contribution in [0.4, 0.5) is 11.6 Å². The molecular formula is C30H29N7O2S. The Labute approximate surface area is 235 Å². The van der Waals surface area contributed by atoms with Gasteiger partial charge in [0, 0.05) is 46.5 Å². The van der Waals surface area contributed by atoms with E-state index < -0.39 is 0 Å². The number of anilines is 2. The van der Waals surface area contributed by atoms with Crippen LogP contribution in [0.3, 0.4) is 0 Å². The topological polar surface area (TPSA) is 111 Å². The van der Waals surface area contributed by atoms with Gasteiger partial charge in [-0.05, 0) is 73.4 Å². The van der Waals surface area contributed by atoms with Gasteiger partial charge in [0.1, 0.15) is 5.65 Å². The predicted octanol–water partition coefficient (Wildman–Crippen LogP) is 5.59. The van der Waals surface area contributed by atoms with Gasteiger partial charge >= 0.3 is 0 Å². The molecule has 1 aliphatic carbocycles. The Morgan fingerprint density at radius 2 is 2.05 bits per heavy atom. The zero-order valence-electron chi connectivity index (χ0n) is 22.0. The van der Waals surface area contributed by atoms with Crippen LogP contribution in [0.25, 0.3) is 27.4 Å². The fraction of sp³-hybridized carbons (Fsp3) is 0.300. The van der Waals surface area contributed by atoms with E-state index in [-0.39, 0.29) is 12.1 Å². The molecule has 5 aromatic rings. The Kier molecular flexibility index (Phi) is 6.49. The fourth-order valence-electron chi connectivity index (χ4n) is 5.41. The van der Waals surface area contributed by atoms with Crippen LogP contribution in [-0.4, -0.2) is 37.8 Å². The van der Waals surface area contributed by atoms with Gasteiger partial charge in [-0.15, -0.1) is 11.3 Å². The number of aromatic nitrogens is 5. The minimum Gasteiger partial charge on any atom is -0.353 e. The number of pyridine rings is 1. The van der Waals surface area contributed by atoms with Crippen molar-refractivity contribution in [2.45, 2.75) is 38.1 Å². The van der Waals surface area contributed by atoms with Crippen LogP contribution < -0.4 is 16.2 Å². The van der Waals surface area contributed by atoms with Gasteiger partial charge in [0.25, 0.3) is 5.56 Å². The molecule has 202 valence electrons. The second-order valence-electron chi connectivity index (χ2n) is 10.5. The molecule has 0 radical (unpaired) electrons. The summed E-state index contributed by atoms with van der Waals surface area (Å²) in [7, 11) is 0.